The van der Waals surface area contributed by atoms with Gasteiger partial charge in [0, 0.05) is 31.2 Å². The summed E-state index contributed by atoms with van der Waals surface area (Å²) < 4.78 is 2.14. The van der Waals surface area contributed by atoms with Crippen LogP contribution in [0.5, 0.6) is 0 Å². The molecule has 1 amide bonds. The number of hydrogen-bond donors (Lipinski definition) is 1. The van der Waals surface area contributed by atoms with E-state index in [-0.39, 0.29) is 17.0 Å². The zero-order chi connectivity index (χ0) is 19.3. The third kappa shape index (κ3) is 2.85. The Balaban J connectivity index is 1.30. The van der Waals surface area contributed by atoms with Gasteiger partial charge < -0.3 is 9.67 Å². The van der Waals surface area contributed by atoms with E-state index in [1.54, 1.807) is 6.08 Å². The lowest BCUT2D eigenvalue weighted by Gasteiger charge is -2.36. The largest absolute Gasteiger partial charge is 0.477 e. The minimum Gasteiger partial charge on any atom is -0.477 e. The molecule has 1 aromatic heterocycles. The molecule has 0 saturated carbocycles. The summed E-state index contributed by atoms with van der Waals surface area (Å²) in [5.74, 6) is -0.334. The van der Waals surface area contributed by atoms with E-state index in [4.69, 9.17) is 10.1 Å². The van der Waals surface area contributed by atoms with Crippen LogP contribution in [-0.4, -0.2) is 48.3 Å². The standard InChI is InChI=1S/C20H18N4O3S/c25-18-15(19-24(18)16(12-28-19)20(26)27)8-14-10-23-7-6-22(11-17(23)21-14)9-13-4-2-1-3-5-13/h1-5,8,10,12,19H,6-7,9,11H2,(H,26,27)/t19-/m1/s1. The highest BCUT2D eigenvalue weighted by molar-refractivity contribution is 8.03. The lowest BCUT2D eigenvalue weighted by Crippen LogP contribution is -2.51. The van der Waals surface area contributed by atoms with Crippen LogP contribution < -0.4 is 0 Å². The van der Waals surface area contributed by atoms with E-state index in [0.29, 0.717) is 5.57 Å². The second-order valence-corrected chi connectivity index (χ2v) is 8.00. The van der Waals surface area contributed by atoms with Crippen molar-refractivity contribution in [3.05, 3.63) is 70.3 Å². The van der Waals surface area contributed by atoms with Crippen LogP contribution >= 0.6 is 11.8 Å². The SMILES string of the molecule is O=C(O)C1=CS[C@@H]2C(=Cc3cn4c(n3)CN(Cc3ccccc3)CC4)C(=O)N12. The molecule has 1 aromatic carbocycles. The van der Waals surface area contributed by atoms with Crippen LogP contribution in [0, 0.1) is 0 Å². The number of aliphatic carboxylic acids is 1. The Hall–Kier alpha value is -2.84. The molecule has 5 rings (SSSR count). The first-order chi connectivity index (χ1) is 13.6. The molecule has 8 heteroatoms. The van der Waals surface area contributed by atoms with Gasteiger partial charge in [0.2, 0.25) is 0 Å². The maximum atomic E-state index is 12.4. The molecule has 7 nitrogen and oxygen atoms in total. The molecule has 1 fully saturated rings. The Kier molecular flexibility index (Phi) is 4.10. The summed E-state index contributed by atoms with van der Waals surface area (Å²) >= 11 is 1.35. The van der Waals surface area contributed by atoms with Gasteiger partial charge in [-0.05, 0) is 11.6 Å². The van der Waals surface area contributed by atoms with E-state index in [1.807, 2.05) is 12.3 Å². The molecule has 1 saturated heterocycles. The average molecular weight is 394 g/mol. The monoisotopic (exact) mass is 394 g/mol. The molecule has 28 heavy (non-hydrogen) atoms. The highest BCUT2D eigenvalue weighted by atomic mass is 32.2. The van der Waals surface area contributed by atoms with Crippen molar-refractivity contribution in [2.45, 2.75) is 25.0 Å². The molecule has 1 atom stereocenters. The first-order valence-electron chi connectivity index (χ1n) is 9.06. The van der Waals surface area contributed by atoms with Crippen LogP contribution in [0.25, 0.3) is 6.08 Å². The zero-order valence-electron chi connectivity index (χ0n) is 15.0. The van der Waals surface area contributed by atoms with Gasteiger partial charge in [0.1, 0.15) is 16.9 Å². The highest BCUT2D eigenvalue weighted by Crippen LogP contribution is 2.45. The van der Waals surface area contributed by atoms with E-state index >= 15 is 0 Å². The van der Waals surface area contributed by atoms with Gasteiger partial charge >= 0.3 is 5.97 Å². The van der Waals surface area contributed by atoms with Crippen LogP contribution in [0.1, 0.15) is 17.1 Å². The summed E-state index contributed by atoms with van der Waals surface area (Å²) in [5, 5.41) is 10.4. The summed E-state index contributed by atoms with van der Waals surface area (Å²) in [5.41, 5.74) is 2.70. The van der Waals surface area contributed by atoms with Crippen LogP contribution in [0.2, 0.25) is 0 Å². The number of fused-ring (bicyclic) bond motifs is 2. The van der Waals surface area contributed by atoms with Crippen molar-refractivity contribution in [1.82, 2.24) is 19.4 Å². The molecule has 0 bridgehead atoms. The predicted molar refractivity (Wildman–Crippen MR) is 105 cm³/mol. The zero-order valence-corrected chi connectivity index (χ0v) is 15.8. The Morgan fingerprint density at radius 2 is 2.11 bits per heavy atom. The summed E-state index contributed by atoms with van der Waals surface area (Å²) in [6.45, 7) is 3.47. The van der Waals surface area contributed by atoms with Crippen molar-refractivity contribution in [2.75, 3.05) is 6.54 Å². The van der Waals surface area contributed by atoms with Crippen molar-refractivity contribution in [1.29, 1.82) is 0 Å². The van der Waals surface area contributed by atoms with E-state index in [9.17, 15) is 9.59 Å². The number of carboxylic acid groups (broad SMARTS) is 1. The first-order valence-corrected chi connectivity index (χ1v) is 10.0. The van der Waals surface area contributed by atoms with E-state index in [1.165, 1.54) is 27.6 Å². The van der Waals surface area contributed by atoms with Crippen LogP contribution in [0.4, 0.5) is 0 Å². The van der Waals surface area contributed by atoms with Crippen molar-refractivity contribution < 1.29 is 14.7 Å². The maximum Gasteiger partial charge on any atom is 0.353 e. The molecule has 0 unspecified atom stereocenters. The number of hydrogen-bond acceptors (Lipinski definition) is 5. The molecule has 4 heterocycles. The molecule has 142 valence electrons. The number of β-lactam (4-membered cyclic amide) rings is 1. The Labute approximate surface area is 166 Å². The van der Waals surface area contributed by atoms with Gasteiger partial charge in [0.25, 0.3) is 5.91 Å². The first kappa shape index (κ1) is 17.3. The molecule has 3 aliphatic rings. The second-order valence-electron chi connectivity index (χ2n) is 7.04. The molecule has 2 aromatic rings. The van der Waals surface area contributed by atoms with Gasteiger partial charge in [0.15, 0.2) is 0 Å². The van der Waals surface area contributed by atoms with Crippen LogP contribution in [-0.2, 0) is 29.2 Å². The number of benzene rings is 1. The molecular formula is C20H18N4O3S. The van der Waals surface area contributed by atoms with Crippen LogP contribution in [0.15, 0.2) is 53.2 Å². The molecule has 3 aliphatic heterocycles. The third-order valence-electron chi connectivity index (χ3n) is 5.21. The molecular weight excluding hydrogens is 376 g/mol. The third-order valence-corrected chi connectivity index (χ3v) is 6.29. The lowest BCUT2D eigenvalue weighted by molar-refractivity contribution is -0.141. The van der Waals surface area contributed by atoms with Gasteiger partial charge in [-0.3, -0.25) is 14.6 Å². The lowest BCUT2D eigenvalue weighted by atomic mass is 10.0. The molecule has 0 radical (unpaired) electrons. The van der Waals surface area contributed by atoms with Gasteiger partial charge in [-0.25, -0.2) is 9.78 Å². The summed E-state index contributed by atoms with van der Waals surface area (Å²) in [6.07, 6.45) is 3.77. The topological polar surface area (TPSA) is 78.7 Å². The fourth-order valence-electron chi connectivity index (χ4n) is 3.80. The quantitative estimate of drug-likeness (QED) is 0.632. The summed E-state index contributed by atoms with van der Waals surface area (Å²) in [6, 6.07) is 10.4. The maximum absolute atomic E-state index is 12.4. The number of aromatic nitrogens is 2. The number of thioether (sulfide) groups is 1. The van der Waals surface area contributed by atoms with Gasteiger partial charge in [0.05, 0.1) is 17.8 Å². The highest BCUT2D eigenvalue weighted by Gasteiger charge is 2.49. The predicted octanol–water partition coefficient (Wildman–Crippen LogP) is 2.12. The van der Waals surface area contributed by atoms with Gasteiger partial charge in [-0.2, -0.15) is 0 Å². The Morgan fingerprint density at radius 1 is 1.29 bits per heavy atom. The van der Waals surface area contributed by atoms with E-state index in [0.717, 1.165) is 37.7 Å². The normalized spacial score (nSPS) is 22.6. The fourth-order valence-corrected chi connectivity index (χ4v) is 4.91. The number of carboxylic acids is 1. The minimum atomic E-state index is -1.07. The number of nitrogens with zero attached hydrogens (tertiary/aromatic N) is 4. The second kappa shape index (κ2) is 6.65. The Bertz CT molecular complexity index is 1030. The average Bonchev–Trinajstić information content (AvgIpc) is 3.28. The molecule has 0 aliphatic carbocycles. The van der Waals surface area contributed by atoms with Crippen molar-refractivity contribution >= 4 is 29.7 Å². The van der Waals surface area contributed by atoms with E-state index < -0.39 is 5.97 Å². The van der Waals surface area contributed by atoms with E-state index in [2.05, 4.69) is 33.7 Å². The van der Waals surface area contributed by atoms with Crippen molar-refractivity contribution in [3.63, 3.8) is 0 Å². The molecule has 1 N–H and O–H groups in total. The summed E-state index contributed by atoms with van der Waals surface area (Å²) in [4.78, 5) is 31.9. The van der Waals surface area contributed by atoms with Crippen molar-refractivity contribution in [3.8, 4) is 0 Å². The smallest absolute Gasteiger partial charge is 0.353 e. The number of carbonyl (C=O) groups excluding carboxylic acids is 1. The number of rotatable bonds is 4. The van der Waals surface area contributed by atoms with Gasteiger partial charge in [-0.1, -0.05) is 30.3 Å². The van der Waals surface area contributed by atoms with Crippen LogP contribution in [0.3, 0.4) is 0 Å². The molecule has 0 spiro atoms. The van der Waals surface area contributed by atoms with Gasteiger partial charge in [-0.15, -0.1) is 11.8 Å². The van der Waals surface area contributed by atoms with Crippen molar-refractivity contribution in [2.24, 2.45) is 0 Å². The number of carbonyl (C=O) groups is 2. The fraction of sp³-hybridized carbons (Fsp3) is 0.250. The Morgan fingerprint density at radius 3 is 2.89 bits per heavy atom. The number of imidazole rings is 1. The minimum absolute atomic E-state index is 0.0536. The summed E-state index contributed by atoms with van der Waals surface area (Å²) in [7, 11) is 0. The number of amides is 1.